The normalized spacial score (nSPS) is 21.2. The maximum atomic E-state index is 13.3. The molecular weight excluding hydrogens is 414 g/mol. The number of likely N-dealkylation sites (tertiary alicyclic amines) is 1. The number of hydrogen-bond donors (Lipinski definition) is 2. The van der Waals surface area contributed by atoms with Gasteiger partial charge in [0.2, 0.25) is 0 Å². The van der Waals surface area contributed by atoms with Crippen molar-refractivity contribution in [1.82, 2.24) is 24.2 Å². The number of hydrogen-bond acceptors (Lipinski definition) is 6. The third-order valence-corrected chi connectivity index (χ3v) is 6.08. The second-order valence-corrected chi connectivity index (χ2v) is 7.84. The van der Waals surface area contributed by atoms with E-state index in [-0.39, 0.29) is 42.4 Å². The number of carbonyl (C=O) groups excluding carboxylic acids is 1. The summed E-state index contributed by atoms with van der Waals surface area (Å²) >= 11 is 0. The molecule has 2 aliphatic rings. The van der Waals surface area contributed by atoms with E-state index < -0.39 is 0 Å². The molecular formula is C22H23N5O5. The van der Waals surface area contributed by atoms with Crippen LogP contribution in [0.3, 0.4) is 0 Å². The molecule has 5 rings (SSSR count). The molecule has 1 fully saturated rings. The number of benzene rings is 1. The minimum Gasteiger partial charge on any atom is -0.483 e. The lowest BCUT2D eigenvalue weighted by molar-refractivity contribution is -0.122. The van der Waals surface area contributed by atoms with E-state index in [0.717, 1.165) is 17.8 Å². The zero-order chi connectivity index (χ0) is 22.7. The first-order valence-corrected chi connectivity index (χ1v) is 10.2. The highest BCUT2D eigenvalue weighted by Gasteiger charge is 2.41. The van der Waals surface area contributed by atoms with Gasteiger partial charge in [0.25, 0.3) is 17.9 Å². The zero-order valence-electron chi connectivity index (χ0n) is 17.2. The van der Waals surface area contributed by atoms with Crippen molar-refractivity contribution >= 4 is 12.4 Å². The maximum absolute atomic E-state index is 13.3. The van der Waals surface area contributed by atoms with Crippen LogP contribution in [0.15, 0.2) is 59.9 Å². The predicted octanol–water partition coefficient (Wildman–Crippen LogP) is 0.923. The number of amides is 1. The molecule has 0 saturated carbocycles. The van der Waals surface area contributed by atoms with Gasteiger partial charge in [-0.05, 0) is 30.7 Å². The number of aliphatic hydroxyl groups is 1. The minimum atomic E-state index is -0.297. The van der Waals surface area contributed by atoms with Crippen molar-refractivity contribution in [2.24, 2.45) is 5.92 Å². The Bertz CT molecular complexity index is 1160. The van der Waals surface area contributed by atoms with E-state index in [9.17, 15) is 14.7 Å². The molecule has 4 heterocycles. The Balaban J connectivity index is 0.000000775. The van der Waals surface area contributed by atoms with E-state index in [1.807, 2.05) is 35.2 Å². The summed E-state index contributed by atoms with van der Waals surface area (Å²) in [6, 6.07) is 12.3. The van der Waals surface area contributed by atoms with Gasteiger partial charge in [-0.2, -0.15) is 0 Å². The van der Waals surface area contributed by atoms with Gasteiger partial charge in [-0.15, -0.1) is 10.2 Å². The number of pyridine rings is 1. The number of piperidine rings is 1. The van der Waals surface area contributed by atoms with Crippen LogP contribution in [0.2, 0.25) is 0 Å². The highest BCUT2D eigenvalue weighted by Crippen LogP contribution is 2.41. The van der Waals surface area contributed by atoms with Crippen molar-refractivity contribution in [3.05, 3.63) is 76.7 Å². The summed E-state index contributed by atoms with van der Waals surface area (Å²) in [7, 11) is 0. The van der Waals surface area contributed by atoms with Crippen molar-refractivity contribution in [2.75, 3.05) is 19.7 Å². The van der Waals surface area contributed by atoms with Crippen LogP contribution in [0, 0.1) is 5.92 Å². The molecule has 166 valence electrons. The number of nitrogens with zero attached hydrogens (tertiary/aromatic N) is 5. The molecule has 10 nitrogen and oxygen atoms in total. The van der Waals surface area contributed by atoms with E-state index in [2.05, 4.69) is 10.2 Å². The molecule has 0 spiro atoms. The van der Waals surface area contributed by atoms with E-state index in [4.69, 9.17) is 9.90 Å². The van der Waals surface area contributed by atoms with Gasteiger partial charge in [0.1, 0.15) is 12.7 Å². The first-order valence-electron chi connectivity index (χ1n) is 10.2. The number of carbonyl (C=O) groups is 2. The van der Waals surface area contributed by atoms with Crippen LogP contribution in [-0.2, 0) is 4.79 Å². The standard InChI is InChI=1S/C21H21N5O3.CH2O2/c27-11-19-16-7-15(18-5-2-6-20(28)26(18)19)9-24(10-16)21(29)14-3-1-4-17(8-14)25-12-22-23-13-25;2-1-3/h1-6,8,12-13,15-16,19,27H,7,9-11H2;1H,(H,2,3)/t15-,16+,19+;/m1./s1. The van der Waals surface area contributed by atoms with Crippen molar-refractivity contribution < 1.29 is 19.8 Å². The lowest BCUT2D eigenvalue weighted by atomic mass is 9.78. The molecule has 3 aromatic rings. The van der Waals surface area contributed by atoms with Crippen LogP contribution in [0.1, 0.15) is 34.4 Å². The van der Waals surface area contributed by atoms with Crippen molar-refractivity contribution in [3.8, 4) is 5.69 Å². The van der Waals surface area contributed by atoms with Gasteiger partial charge < -0.3 is 19.7 Å². The molecule has 0 unspecified atom stereocenters. The summed E-state index contributed by atoms with van der Waals surface area (Å²) in [4.78, 5) is 35.9. The molecule has 2 aromatic heterocycles. The topological polar surface area (TPSA) is 131 Å². The lowest BCUT2D eigenvalue weighted by Gasteiger charge is -2.46. The van der Waals surface area contributed by atoms with E-state index in [1.54, 1.807) is 27.9 Å². The molecule has 1 saturated heterocycles. The van der Waals surface area contributed by atoms with Crippen LogP contribution in [0.5, 0.6) is 0 Å². The minimum absolute atomic E-state index is 0.0435. The molecule has 2 bridgehead atoms. The van der Waals surface area contributed by atoms with Gasteiger partial charge in [-0.3, -0.25) is 19.0 Å². The summed E-state index contributed by atoms with van der Waals surface area (Å²) in [5.41, 5.74) is 2.24. The summed E-state index contributed by atoms with van der Waals surface area (Å²) in [6.07, 6.45) is 4.06. The van der Waals surface area contributed by atoms with Crippen LogP contribution in [-0.4, -0.2) is 66.5 Å². The van der Waals surface area contributed by atoms with Gasteiger partial charge in [0, 0.05) is 47.9 Å². The van der Waals surface area contributed by atoms with Crippen molar-refractivity contribution in [3.63, 3.8) is 0 Å². The number of aliphatic hydroxyl groups excluding tert-OH is 1. The summed E-state index contributed by atoms with van der Waals surface area (Å²) in [5.74, 6) is 0.102. The van der Waals surface area contributed by atoms with Gasteiger partial charge in [0.05, 0.1) is 12.6 Å². The van der Waals surface area contributed by atoms with Gasteiger partial charge in [0.15, 0.2) is 0 Å². The summed E-state index contributed by atoms with van der Waals surface area (Å²) in [6.45, 7) is 0.728. The SMILES string of the molecule is O=C(c1cccc(-n2cnnc2)c1)N1C[C@H]2C[C@@H](C1)[C@H](CO)n1c2cccc1=O.O=CO. The molecule has 0 aliphatic carbocycles. The first kappa shape index (κ1) is 21.4. The summed E-state index contributed by atoms with van der Waals surface area (Å²) < 4.78 is 3.49. The van der Waals surface area contributed by atoms with Crippen LogP contribution < -0.4 is 5.56 Å². The van der Waals surface area contributed by atoms with Gasteiger partial charge in [-0.25, -0.2) is 0 Å². The molecule has 10 heteroatoms. The number of carboxylic acid groups (broad SMARTS) is 1. The maximum Gasteiger partial charge on any atom is 0.290 e. The van der Waals surface area contributed by atoms with Crippen molar-refractivity contribution in [1.29, 1.82) is 0 Å². The Labute approximate surface area is 183 Å². The molecule has 1 aromatic carbocycles. The molecule has 0 radical (unpaired) electrons. The molecule has 1 amide bonds. The van der Waals surface area contributed by atoms with Crippen LogP contribution in [0.25, 0.3) is 5.69 Å². The first-order chi connectivity index (χ1) is 15.6. The highest BCUT2D eigenvalue weighted by atomic mass is 16.3. The molecule has 2 aliphatic heterocycles. The smallest absolute Gasteiger partial charge is 0.290 e. The molecule has 2 N–H and O–H groups in total. The van der Waals surface area contributed by atoms with Gasteiger partial charge in [-0.1, -0.05) is 12.1 Å². The molecule has 32 heavy (non-hydrogen) atoms. The second kappa shape index (κ2) is 9.15. The fourth-order valence-corrected chi connectivity index (χ4v) is 4.76. The Hall–Kier alpha value is -3.79. The largest absolute Gasteiger partial charge is 0.483 e. The number of aromatic nitrogens is 4. The van der Waals surface area contributed by atoms with Gasteiger partial charge >= 0.3 is 0 Å². The number of rotatable bonds is 3. The second-order valence-electron chi connectivity index (χ2n) is 7.84. The van der Waals surface area contributed by atoms with Crippen LogP contribution in [0.4, 0.5) is 0 Å². The Morgan fingerprint density at radius 2 is 1.84 bits per heavy atom. The quantitative estimate of drug-likeness (QED) is 0.583. The third-order valence-electron chi connectivity index (χ3n) is 6.08. The average Bonchev–Trinajstić information content (AvgIpc) is 3.35. The van der Waals surface area contributed by atoms with Crippen LogP contribution >= 0.6 is 0 Å². The Kier molecular flexibility index (Phi) is 6.13. The zero-order valence-corrected chi connectivity index (χ0v) is 17.2. The van der Waals surface area contributed by atoms with Crippen molar-refractivity contribution in [2.45, 2.75) is 18.4 Å². The fourth-order valence-electron chi connectivity index (χ4n) is 4.76. The highest BCUT2D eigenvalue weighted by molar-refractivity contribution is 5.95. The number of fused-ring (bicyclic) bond motifs is 4. The van der Waals surface area contributed by atoms with E-state index in [0.29, 0.717) is 18.7 Å². The third kappa shape index (κ3) is 3.92. The average molecular weight is 437 g/mol. The predicted molar refractivity (Wildman–Crippen MR) is 114 cm³/mol. The lowest BCUT2D eigenvalue weighted by Crippen LogP contribution is -2.51. The van der Waals surface area contributed by atoms with E-state index in [1.165, 1.54) is 6.07 Å². The monoisotopic (exact) mass is 437 g/mol. The fraction of sp³-hybridized carbons (Fsp3) is 0.318. The Morgan fingerprint density at radius 1 is 1.12 bits per heavy atom. The molecule has 3 atom stereocenters. The summed E-state index contributed by atoms with van der Waals surface area (Å²) in [5, 5.41) is 24.5. The Morgan fingerprint density at radius 3 is 2.56 bits per heavy atom. The van der Waals surface area contributed by atoms with E-state index >= 15 is 0 Å².